The molecule has 1 heterocycles. The number of nitrogens with zero attached hydrogens (tertiary/aromatic N) is 2. The van der Waals surface area contributed by atoms with Crippen LogP contribution in [0.3, 0.4) is 0 Å². The summed E-state index contributed by atoms with van der Waals surface area (Å²) in [6.45, 7) is 0. The molecule has 6 heteroatoms. The van der Waals surface area contributed by atoms with E-state index in [0.29, 0.717) is 22.8 Å². The third-order valence-electron chi connectivity index (χ3n) is 4.51. The summed E-state index contributed by atoms with van der Waals surface area (Å²) in [6.07, 6.45) is 5.19. The van der Waals surface area contributed by atoms with Crippen LogP contribution in [0.1, 0.15) is 31.2 Å². The molecule has 1 aliphatic carbocycles. The van der Waals surface area contributed by atoms with Crippen LogP contribution in [-0.4, -0.2) is 52.9 Å². The molecule has 2 atom stereocenters. The Hall–Kier alpha value is -2.24. The Balaban J connectivity index is 2.07. The molecule has 1 aromatic carbocycles. The molecule has 0 amide bonds. The van der Waals surface area contributed by atoms with Crippen molar-refractivity contribution in [2.75, 3.05) is 14.2 Å². The molecular formula is C16H21N2O4+. The molecule has 0 unspecified atom stereocenters. The Morgan fingerprint density at radius 1 is 1.14 bits per heavy atom. The number of fused-ring (bicyclic) bond motifs is 1. The van der Waals surface area contributed by atoms with Gasteiger partial charge in [-0.1, -0.05) is 0 Å². The van der Waals surface area contributed by atoms with Crippen molar-refractivity contribution in [3.63, 3.8) is 0 Å². The minimum absolute atomic E-state index is 0.126. The first kappa shape index (κ1) is 14.7. The minimum Gasteiger partial charge on any atom is -0.623 e. The number of hydrogen-bond acceptors (Lipinski definition) is 4. The Labute approximate surface area is 129 Å². The molecule has 0 radical (unpaired) electrons. The lowest BCUT2D eigenvalue weighted by Crippen LogP contribution is -2.51. The van der Waals surface area contributed by atoms with E-state index in [-0.39, 0.29) is 12.1 Å². The smallest absolute Gasteiger partial charge is 0.291 e. The normalized spacial score (nSPS) is 24.5. The van der Waals surface area contributed by atoms with E-state index in [1.165, 1.54) is 11.0 Å². The molecule has 3 rings (SSSR count). The van der Waals surface area contributed by atoms with E-state index < -0.39 is 0 Å². The van der Waals surface area contributed by atoms with Crippen molar-refractivity contribution in [2.45, 2.75) is 37.8 Å². The quantitative estimate of drug-likeness (QED) is 0.525. The van der Waals surface area contributed by atoms with Crippen LogP contribution in [0.15, 0.2) is 18.2 Å². The zero-order chi connectivity index (χ0) is 15.7. The van der Waals surface area contributed by atoms with Crippen LogP contribution >= 0.6 is 0 Å². The maximum Gasteiger partial charge on any atom is 0.291 e. The predicted octanol–water partition coefficient (Wildman–Crippen LogP) is 1.80. The maximum atomic E-state index is 12.8. The summed E-state index contributed by atoms with van der Waals surface area (Å²) < 4.78 is 12.8. The van der Waals surface area contributed by atoms with Crippen LogP contribution in [0.5, 0.6) is 11.5 Å². The third kappa shape index (κ3) is 2.38. The average Bonchev–Trinajstić information content (AvgIpc) is 2.57. The van der Waals surface area contributed by atoms with Crippen molar-refractivity contribution >= 4 is 11.9 Å². The molecule has 0 bridgehead atoms. The van der Waals surface area contributed by atoms with E-state index in [2.05, 4.69) is 0 Å². The van der Waals surface area contributed by atoms with E-state index in [1.807, 2.05) is 0 Å². The van der Waals surface area contributed by atoms with Gasteiger partial charge >= 0.3 is 0 Å². The van der Waals surface area contributed by atoms with Crippen LogP contribution in [0.2, 0.25) is 0 Å². The Bertz CT molecular complexity index is 639. The summed E-state index contributed by atoms with van der Waals surface area (Å²) in [5.74, 6) is 1.21. The molecule has 2 aliphatic rings. The summed E-state index contributed by atoms with van der Waals surface area (Å²) >= 11 is 0. The lowest BCUT2D eigenvalue weighted by Gasteiger charge is -2.28. The highest BCUT2D eigenvalue weighted by Crippen LogP contribution is 2.29. The monoisotopic (exact) mass is 305 g/mol. The molecule has 1 fully saturated rings. The van der Waals surface area contributed by atoms with Crippen molar-refractivity contribution in [1.82, 2.24) is 0 Å². The van der Waals surface area contributed by atoms with Crippen molar-refractivity contribution < 1.29 is 24.2 Å². The fraction of sp³-hybridized carbons (Fsp3) is 0.500. The number of benzene rings is 1. The van der Waals surface area contributed by atoms with Gasteiger partial charge in [0.25, 0.3) is 18.0 Å². The lowest BCUT2D eigenvalue weighted by molar-refractivity contribution is -0.819. The van der Waals surface area contributed by atoms with Gasteiger partial charge < -0.3 is 14.7 Å². The second-order valence-corrected chi connectivity index (χ2v) is 5.71. The molecule has 1 aromatic rings. The number of methoxy groups -OCH3 is 2. The van der Waals surface area contributed by atoms with E-state index in [0.717, 1.165) is 30.4 Å². The van der Waals surface area contributed by atoms with Gasteiger partial charge in [-0.3, -0.25) is 5.21 Å². The van der Waals surface area contributed by atoms with Gasteiger partial charge in [0.05, 0.1) is 19.8 Å². The standard InChI is InChI=1S/C16H21N2O4/c1-21-11-7-8-12(16(9-11)22-2)15-10-17(19)13-5-3-4-6-14(13)18(15)20/h7-10,13-14,19H,3-6H2,1-2H3/q+1/t13-,14-/m1/s1. The molecule has 6 nitrogen and oxygen atoms in total. The summed E-state index contributed by atoms with van der Waals surface area (Å²) in [7, 11) is 3.13. The number of hydrogen-bond donors (Lipinski definition) is 1. The van der Waals surface area contributed by atoms with Crippen molar-refractivity contribution in [2.24, 2.45) is 0 Å². The summed E-state index contributed by atoms with van der Waals surface area (Å²) in [5, 5.41) is 23.0. The van der Waals surface area contributed by atoms with Crippen LogP contribution in [0.4, 0.5) is 0 Å². The zero-order valence-corrected chi connectivity index (χ0v) is 12.9. The summed E-state index contributed by atoms with van der Waals surface area (Å²) in [4.78, 5) is 0. The highest BCUT2D eigenvalue weighted by molar-refractivity contribution is 6.35. The molecule has 1 N–H and O–H groups in total. The molecule has 1 saturated carbocycles. The fourth-order valence-corrected chi connectivity index (χ4v) is 3.33. The van der Waals surface area contributed by atoms with Crippen LogP contribution in [-0.2, 0) is 0 Å². The molecular weight excluding hydrogens is 284 g/mol. The average molecular weight is 305 g/mol. The first-order valence-electron chi connectivity index (χ1n) is 7.53. The number of hydroxylamine groups is 2. The van der Waals surface area contributed by atoms with E-state index >= 15 is 0 Å². The van der Waals surface area contributed by atoms with Gasteiger partial charge in [0.2, 0.25) is 6.04 Å². The van der Waals surface area contributed by atoms with Crippen LogP contribution in [0.25, 0.3) is 0 Å². The Morgan fingerprint density at radius 2 is 1.86 bits per heavy atom. The fourth-order valence-electron chi connectivity index (χ4n) is 3.33. The highest BCUT2D eigenvalue weighted by Gasteiger charge is 2.46. The number of ether oxygens (including phenoxy) is 2. The molecule has 22 heavy (non-hydrogen) atoms. The van der Waals surface area contributed by atoms with Gasteiger partial charge in [-0.15, -0.1) is 0 Å². The first-order valence-corrected chi connectivity index (χ1v) is 7.53. The third-order valence-corrected chi connectivity index (χ3v) is 4.51. The molecule has 1 aliphatic heterocycles. The second kappa shape index (κ2) is 5.87. The van der Waals surface area contributed by atoms with E-state index in [1.54, 1.807) is 32.4 Å². The molecule has 118 valence electrons. The summed E-state index contributed by atoms with van der Waals surface area (Å²) in [5.41, 5.74) is 1.08. The van der Waals surface area contributed by atoms with Gasteiger partial charge in [-0.2, -0.15) is 4.74 Å². The zero-order valence-electron chi connectivity index (χ0n) is 12.9. The maximum absolute atomic E-state index is 12.8. The van der Waals surface area contributed by atoms with Crippen LogP contribution in [0, 0.1) is 5.21 Å². The van der Waals surface area contributed by atoms with E-state index in [9.17, 15) is 10.4 Å². The van der Waals surface area contributed by atoms with Crippen molar-refractivity contribution in [1.29, 1.82) is 0 Å². The second-order valence-electron chi connectivity index (χ2n) is 5.71. The van der Waals surface area contributed by atoms with Gasteiger partial charge in [0, 0.05) is 18.9 Å². The van der Waals surface area contributed by atoms with Gasteiger partial charge in [-0.05, 0) is 29.7 Å². The van der Waals surface area contributed by atoms with E-state index in [4.69, 9.17) is 9.47 Å². The highest BCUT2D eigenvalue weighted by atomic mass is 16.5. The topological polar surface area (TPSA) is 67.8 Å². The van der Waals surface area contributed by atoms with Crippen LogP contribution < -0.4 is 9.47 Å². The van der Waals surface area contributed by atoms with Crippen molar-refractivity contribution in [3.05, 3.63) is 29.0 Å². The predicted molar refractivity (Wildman–Crippen MR) is 81.4 cm³/mol. The van der Waals surface area contributed by atoms with Gasteiger partial charge in [-0.25, -0.2) is 0 Å². The number of rotatable bonds is 3. The Morgan fingerprint density at radius 3 is 2.55 bits per heavy atom. The van der Waals surface area contributed by atoms with Crippen molar-refractivity contribution in [3.8, 4) is 11.5 Å². The first-order chi connectivity index (χ1) is 10.7. The largest absolute Gasteiger partial charge is 0.623 e. The van der Waals surface area contributed by atoms with Gasteiger partial charge in [0.1, 0.15) is 11.5 Å². The lowest BCUT2D eigenvalue weighted by atomic mass is 9.89. The minimum atomic E-state index is -0.217. The van der Waals surface area contributed by atoms with Gasteiger partial charge in [0.15, 0.2) is 0 Å². The molecule has 0 saturated heterocycles. The Kier molecular flexibility index (Phi) is 3.92. The summed E-state index contributed by atoms with van der Waals surface area (Å²) in [6, 6.07) is 4.95. The SMILES string of the molecule is COc1ccc(C2=[N+]([O-])[C@@H]3CCCC[C@H]3[N+](O)=C2)c(OC)c1. The molecule has 0 spiro atoms. The molecule has 0 aromatic heterocycles.